The topological polar surface area (TPSA) is 47.9 Å². The molecule has 0 radical (unpaired) electrons. The van der Waals surface area contributed by atoms with E-state index in [1.807, 2.05) is 0 Å². The lowest BCUT2D eigenvalue weighted by Crippen LogP contribution is -2.52. The molecule has 8 heteroatoms. The van der Waals surface area contributed by atoms with Crippen LogP contribution in [0.2, 0.25) is 71.0 Å². The van der Waals surface area contributed by atoms with E-state index in [4.69, 9.17) is 12.7 Å². The third-order valence-electron chi connectivity index (χ3n) is 6.78. The van der Waals surface area contributed by atoms with Gasteiger partial charge in [-0.05, 0) is 118 Å². The Bertz CT molecular complexity index is 856. The average molecular weight is 599 g/mol. The molecule has 38 heavy (non-hydrogen) atoms. The van der Waals surface area contributed by atoms with Crippen LogP contribution < -0.4 is 0 Å². The molecule has 0 saturated heterocycles. The van der Waals surface area contributed by atoms with E-state index >= 15 is 0 Å². The summed E-state index contributed by atoms with van der Waals surface area (Å²) in [6.07, 6.45) is 4.42. The van der Waals surface area contributed by atoms with E-state index in [9.17, 15) is 5.11 Å². The van der Waals surface area contributed by atoms with E-state index in [-0.39, 0.29) is 10.8 Å². The number of phenolic OH excluding ortho intramolecular Hbond substituents is 1. The number of benzene rings is 1. The van der Waals surface area contributed by atoms with Gasteiger partial charge >= 0.3 is 8.56 Å². The van der Waals surface area contributed by atoms with Crippen LogP contribution in [0.25, 0.3) is 0 Å². The predicted molar refractivity (Wildman–Crippen MR) is 177 cm³/mol. The van der Waals surface area contributed by atoms with Crippen LogP contribution in [0.1, 0.15) is 77.5 Å². The van der Waals surface area contributed by atoms with Gasteiger partial charge in [0.15, 0.2) is 25.0 Å². The molecule has 0 bridgehead atoms. The van der Waals surface area contributed by atoms with Crippen LogP contribution in [0.4, 0.5) is 0 Å². The van der Waals surface area contributed by atoms with Crippen molar-refractivity contribution in [3.8, 4) is 5.75 Å². The quantitative estimate of drug-likeness (QED) is 0.171. The second-order valence-corrected chi connectivity index (χ2v) is 32.9. The summed E-state index contributed by atoms with van der Waals surface area (Å²) in [5.41, 5.74) is 3.28. The predicted octanol–water partition coefficient (Wildman–Crippen LogP) is 9.70. The van der Waals surface area contributed by atoms with E-state index in [0.717, 1.165) is 55.5 Å². The van der Waals surface area contributed by atoms with E-state index in [0.29, 0.717) is 5.75 Å². The van der Waals surface area contributed by atoms with Gasteiger partial charge in [0.25, 0.3) is 0 Å². The third kappa shape index (κ3) is 13.4. The van der Waals surface area contributed by atoms with Crippen LogP contribution in [0.5, 0.6) is 5.75 Å². The zero-order valence-electron chi connectivity index (χ0n) is 27.8. The molecule has 1 aromatic rings. The van der Waals surface area contributed by atoms with Gasteiger partial charge in [-0.1, -0.05) is 60.1 Å². The first kappa shape index (κ1) is 35.8. The molecule has 222 valence electrons. The molecule has 1 N–H and O–H groups in total. The number of phenols is 1. The maximum atomic E-state index is 11.0. The second-order valence-electron chi connectivity index (χ2n) is 15.9. The second kappa shape index (κ2) is 13.2. The fourth-order valence-electron chi connectivity index (χ4n) is 5.19. The van der Waals surface area contributed by atoms with Crippen molar-refractivity contribution < 1.29 is 17.8 Å². The van der Waals surface area contributed by atoms with Gasteiger partial charge in [0.05, 0.1) is 0 Å². The molecule has 0 amide bonds. The Morgan fingerprint density at radius 3 is 1.47 bits per heavy atom. The highest BCUT2D eigenvalue weighted by atomic mass is 28.5. The van der Waals surface area contributed by atoms with E-state index in [2.05, 4.69) is 113 Å². The largest absolute Gasteiger partial charge is 0.507 e. The molecule has 0 aliphatic carbocycles. The Kier molecular flexibility index (Phi) is 12.4. The molecule has 1 rings (SSSR count). The van der Waals surface area contributed by atoms with Crippen LogP contribution >= 0.6 is 0 Å². The minimum absolute atomic E-state index is 0.0858. The highest BCUT2D eigenvalue weighted by Gasteiger charge is 2.39. The third-order valence-corrected chi connectivity index (χ3v) is 19.3. The molecule has 0 unspecified atom stereocenters. The standard InChI is InChI=1S/C30H62O4Si4/c1-29(2,3)26-23-25(24-27(28(26)31)30(4,5)6)19-16-17-21-36(10,11)33-38(14,15)34-37(12,13)22-18-20-32-35(7,8)9/h23-24,31H,16-22H2,1-15H3. The van der Waals surface area contributed by atoms with Crippen molar-refractivity contribution in [2.45, 2.75) is 149 Å². The molecule has 0 atom stereocenters. The zero-order chi connectivity index (χ0) is 29.8. The van der Waals surface area contributed by atoms with Crippen molar-refractivity contribution in [1.29, 1.82) is 0 Å². The number of unbranched alkanes of at least 4 members (excludes halogenated alkanes) is 1. The summed E-state index contributed by atoms with van der Waals surface area (Å²) >= 11 is 0. The lowest BCUT2D eigenvalue weighted by atomic mass is 9.78. The van der Waals surface area contributed by atoms with E-state index in [1.54, 1.807) is 0 Å². The summed E-state index contributed by atoms with van der Waals surface area (Å²) in [5.74, 6) is 0.470. The summed E-state index contributed by atoms with van der Waals surface area (Å²) in [6.45, 7) is 34.6. The van der Waals surface area contributed by atoms with Gasteiger partial charge in [-0.2, -0.15) is 0 Å². The fraction of sp³-hybridized carbons (Fsp3) is 0.800. The molecule has 0 spiro atoms. The van der Waals surface area contributed by atoms with Crippen LogP contribution in [-0.2, 0) is 29.9 Å². The molecular formula is C30H62O4Si4. The Morgan fingerprint density at radius 1 is 0.658 bits per heavy atom. The highest BCUT2D eigenvalue weighted by Crippen LogP contribution is 2.40. The van der Waals surface area contributed by atoms with Gasteiger partial charge in [-0.25, -0.2) is 0 Å². The van der Waals surface area contributed by atoms with Crippen molar-refractivity contribution in [3.63, 3.8) is 0 Å². The maximum absolute atomic E-state index is 11.0. The fourth-order valence-corrected chi connectivity index (χ4v) is 20.0. The first-order chi connectivity index (χ1) is 16.8. The number of hydrogen-bond donors (Lipinski definition) is 1. The summed E-state index contributed by atoms with van der Waals surface area (Å²) in [5, 5.41) is 11.0. The lowest BCUT2D eigenvalue weighted by molar-refractivity contribution is 0.307. The van der Waals surface area contributed by atoms with Gasteiger partial charge in [0.1, 0.15) is 5.75 Å². The molecule has 0 saturated carbocycles. The minimum Gasteiger partial charge on any atom is -0.507 e. The Hall–Kier alpha value is -0.232. The molecule has 0 aliphatic heterocycles. The van der Waals surface area contributed by atoms with Crippen molar-refractivity contribution in [3.05, 3.63) is 28.8 Å². The van der Waals surface area contributed by atoms with Gasteiger partial charge in [-0.3, -0.25) is 0 Å². The van der Waals surface area contributed by atoms with Gasteiger partial charge < -0.3 is 17.8 Å². The maximum Gasteiger partial charge on any atom is 0.311 e. The van der Waals surface area contributed by atoms with Gasteiger partial charge in [0.2, 0.25) is 0 Å². The molecular weight excluding hydrogens is 537 g/mol. The SMILES string of the molecule is CC(C)(C)c1cc(CCCC[Si](C)(C)O[Si](C)(C)O[Si](C)(C)CCCO[Si](C)(C)C)cc(C(C)(C)C)c1O. The van der Waals surface area contributed by atoms with Crippen molar-refractivity contribution in [2.75, 3.05) is 6.61 Å². The first-order valence-electron chi connectivity index (χ1n) is 14.7. The minimum atomic E-state index is -2.19. The molecule has 1 aromatic carbocycles. The summed E-state index contributed by atoms with van der Waals surface area (Å²) in [6, 6.07) is 6.73. The number of aryl methyl sites for hydroxylation is 1. The average Bonchev–Trinajstić information content (AvgIpc) is 2.65. The van der Waals surface area contributed by atoms with Gasteiger partial charge in [-0.15, -0.1) is 0 Å². The normalized spacial score (nSPS) is 14.3. The summed E-state index contributed by atoms with van der Waals surface area (Å²) in [7, 11) is -7.26. The van der Waals surface area contributed by atoms with E-state index < -0.39 is 33.5 Å². The smallest absolute Gasteiger partial charge is 0.311 e. The highest BCUT2D eigenvalue weighted by molar-refractivity contribution is 6.87. The lowest BCUT2D eigenvalue weighted by Gasteiger charge is -2.39. The van der Waals surface area contributed by atoms with Crippen LogP contribution in [0.3, 0.4) is 0 Å². The Morgan fingerprint density at radius 2 is 1.08 bits per heavy atom. The number of aromatic hydroxyl groups is 1. The summed E-state index contributed by atoms with van der Waals surface area (Å²) < 4.78 is 19.7. The van der Waals surface area contributed by atoms with Crippen molar-refractivity contribution in [2.24, 2.45) is 0 Å². The Balaban J connectivity index is 2.71. The molecule has 0 heterocycles. The van der Waals surface area contributed by atoms with Crippen LogP contribution in [0.15, 0.2) is 12.1 Å². The number of rotatable bonds is 14. The molecule has 0 aromatic heterocycles. The van der Waals surface area contributed by atoms with Crippen molar-refractivity contribution in [1.82, 2.24) is 0 Å². The molecule has 4 nitrogen and oxygen atoms in total. The molecule has 0 fully saturated rings. The first-order valence-corrected chi connectivity index (χ1v) is 27.2. The zero-order valence-corrected chi connectivity index (χ0v) is 31.8. The van der Waals surface area contributed by atoms with Gasteiger partial charge in [0, 0.05) is 6.61 Å². The van der Waals surface area contributed by atoms with Crippen LogP contribution in [0, 0.1) is 0 Å². The Labute approximate surface area is 240 Å². The van der Waals surface area contributed by atoms with Crippen molar-refractivity contribution >= 4 is 33.5 Å². The van der Waals surface area contributed by atoms with Crippen LogP contribution in [-0.4, -0.2) is 45.2 Å². The monoisotopic (exact) mass is 598 g/mol. The number of hydrogen-bond acceptors (Lipinski definition) is 4. The summed E-state index contributed by atoms with van der Waals surface area (Å²) in [4.78, 5) is 0. The molecule has 0 aliphatic rings. The van der Waals surface area contributed by atoms with E-state index in [1.165, 1.54) is 5.56 Å².